The number of hydrogen-bond donors (Lipinski definition) is 1. The molecule has 6 heteroatoms. The van der Waals surface area contributed by atoms with Crippen LogP contribution in [-0.4, -0.2) is 34.3 Å². The van der Waals surface area contributed by atoms with Crippen molar-refractivity contribution in [3.63, 3.8) is 0 Å². The van der Waals surface area contributed by atoms with Crippen molar-refractivity contribution in [2.75, 3.05) is 19.0 Å². The number of fused-ring (bicyclic) bond motifs is 1. The van der Waals surface area contributed by atoms with E-state index in [1.165, 1.54) is 0 Å². The van der Waals surface area contributed by atoms with Gasteiger partial charge in [-0.15, -0.1) is 0 Å². The lowest BCUT2D eigenvalue weighted by Crippen LogP contribution is -2.08. The standard InChI is InChI=1S/C17H15N5S/c1-22(2)13-5-3-4-11(8-13)15-16-14(9-18-21-16)19-17(20-15)12-6-7-23-10-12/h3-10H,1-2H3,(H,18,21). The van der Waals surface area contributed by atoms with Gasteiger partial charge in [0.15, 0.2) is 5.82 Å². The highest BCUT2D eigenvalue weighted by Gasteiger charge is 2.13. The zero-order chi connectivity index (χ0) is 15.8. The summed E-state index contributed by atoms with van der Waals surface area (Å²) < 4.78 is 0. The Bertz CT molecular complexity index is 956. The van der Waals surface area contributed by atoms with Crippen LogP contribution in [0.2, 0.25) is 0 Å². The highest BCUT2D eigenvalue weighted by atomic mass is 32.1. The molecule has 0 unspecified atom stereocenters. The number of H-pyrrole nitrogens is 1. The number of benzene rings is 1. The number of aromatic amines is 1. The minimum absolute atomic E-state index is 0.727. The first kappa shape index (κ1) is 13.9. The van der Waals surface area contributed by atoms with E-state index in [1.54, 1.807) is 17.5 Å². The van der Waals surface area contributed by atoms with E-state index < -0.39 is 0 Å². The zero-order valence-electron chi connectivity index (χ0n) is 12.8. The molecule has 0 spiro atoms. The summed E-state index contributed by atoms with van der Waals surface area (Å²) in [6.45, 7) is 0. The summed E-state index contributed by atoms with van der Waals surface area (Å²) in [4.78, 5) is 11.5. The Morgan fingerprint density at radius 3 is 2.78 bits per heavy atom. The third kappa shape index (κ3) is 2.47. The molecule has 0 saturated carbocycles. The molecule has 4 rings (SSSR count). The lowest BCUT2D eigenvalue weighted by atomic mass is 10.1. The molecule has 0 amide bonds. The molecule has 1 aromatic carbocycles. The van der Waals surface area contributed by atoms with Crippen molar-refractivity contribution in [1.82, 2.24) is 20.2 Å². The summed E-state index contributed by atoms with van der Waals surface area (Å²) >= 11 is 1.64. The molecule has 3 aromatic heterocycles. The molecule has 0 radical (unpaired) electrons. The summed E-state index contributed by atoms with van der Waals surface area (Å²) in [6, 6.07) is 10.3. The zero-order valence-corrected chi connectivity index (χ0v) is 13.6. The van der Waals surface area contributed by atoms with Crippen LogP contribution in [0.4, 0.5) is 5.69 Å². The summed E-state index contributed by atoms with van der Waals surface area (Å²) in [7, 11) is 4.06. The van der Waals surface area contributed by atoms with Gasteiger partial charge in [-0.05, 0) is 23.6 Å². The maximum absolute atomic E-state index is 4.79. The number of rotatable bonds is 3. The SMILES string of the molecule is CN(C)c1cccc(-c2nc(-c3ccsc3)nc3cn[nH]c23)c1. The highest BCUT2D eigenvalue weighted by Crippen LogP contribution is 2.30. The normalized spacial score (nSPS) is 11.0. The van der Waals surface area contributed by atoms with Gasteiger partial charge in [-0.25, -0.2) is 9.97 Å². The second kappa shape index (κ2) is 5.48. The van der Waals surface area contributed by atoms with Gasteiger partial charge in [0.05, 0.1) is 6.20 Å². The van der Waals surface area contributed by atoms with Gasteiger partial charge in [0, 0.05) is 36.3 Å². The smallest absolute Gasteiger partial charge is 0.161 e. The predicted octanol–water partition coefficient (Wildman–Crippen LogP) is 3.81. The highest BCUT2D eigenvalue weighted by molar-refractivity contribution is 7.08. The van der Waals surface area contributed by atoms with Crippen LogP contribution in [0.3, 0.4) is 0 Å². The molecule has 23 heavy (non-hydrogen) atoms. The summed E-state index contributed by atoms with van der Waals surface area (Å²) in [6.07, 6.45) is 1.74. The average molecular weight is 321 g/mol. The number of nitrogens with one attached hydrogen (secondary N) is 1. The molecule has 4 aromatic rings. The monoisotopic (exact) mass is 321 g/mol. The first-order valence-corrected chi connectivity index (χ1v) is 8.18. The Kier molecular flexibility index (Phi) is 3.31. The van der Waals surface area contributed by atoms with Crippen molar-refractivity contribution >= 4 is 28.1 Å². The summed E-state index contributed by atoms with van der Waals surface area (Å²) in [5, 5.41) is 11.2. The number of thiophene rings is 1. The first-order chi connectivity index (χ1) is 11.2. The molecule has 3 heterocycles. The Balaban J connectivity index is 1.95. The minimum Gasteiger partial charge on any atom is -0.378 e. The van der Waals surface area contributed by atoms with E-state index in [9.17, 15) is 0 Å². The van der Waals surface area contributed by atoms with Crippen LogP contribution in [0.15, 0.2) is 47.3 Å². The van der Waals surface area contributed by atoms with E-state index in [-0.39, 0.29) is 0 Å². The van der Waals surface area contributed by atoms with Gasteiger partial charge in [0.25, 0.3) is 0 Å². The molecule has 0 atom stereocenters. The molecule has 1 N–H and O–H groups in total. The third-order valence-electron chi connectivity index (χ3n) is 3.72. The molecule has 0 aliphatic rings. The lowest BCUT2D eigenvalue weighted by molar-refractivity contribution is 1.11. The van der Waals surface area contributed by atoms with Gasteiger partial charge in [0.1, 0.15) is 16.7 Å². The Labute approximate surface area is 137 Å². The molecular weight excluding hydrogens is 306 g/mol. The van der Waals surface area contributed by atoms with Gasteiger partial charge in [-0.1, -0.05) is 12.1 Å². The second-order valence-electron chi connectivity index (χ2n) is 5.48. The van der Waals surface area contributed by atoms with Crippen molar-refractivity contribution < 1.29 is 0 Å². The molecule has 5 nitrogen and oxygen atoms in total. The van der Waals surface area contributed by atoms with Crippen LogP contribution in [-0.2, 0) is 0 Å². The van der Waals surface area contributed by atoms with Crippen molar-refractivity contribution in [1.29, 1.82) is 0 Å². The van der Waals surface area contributed by atoms with E-state index in [0.717, 1.165) is 39.4 Å². The van der Waals surface area contributed by atoms with Gasteiger partial charge < -0.3 is 4.90 Å². The number of nitrogens with zero attached hydrogens (tertiary/aromatic N) is 4. The van der Waals surface area contributed by atoms with Gasteiger partial charge in [-0.2, -0.15) is 16.4 Å². The quantitative estimate of drug-likeness (QED) is 0.623. The van der Waals surface area contributed by atoms with E-state index in [0.29, 0.717) is 0 Å². The molecule has 0 aliphatic heterocycles. The second-order valence-corrected chi connectivity index (χ2v) is 6.26. The van der Waals surface area contributed by atoms with Crippen LogP contribution < -0.4 is 4.90 Å². The molecule has 0 aliphatic carbocycles. The number of aromatic nitrogens is 4. The fraction of sp³-hybridized carbons (Fsp3) is 0.118. The van der Waals surface area contributed by atoms with E-state index in [2.05, 4.69) is 43.7 Å². The van der Waals surface area contributed by atoms with E-state index in [1.807, 2.05) is 31.6 Å². The summed E-state index contributed by atoms with van der Waals surface area (Å²) in [5.74, 6) is 0.727. The van der Waals surface area contributed by atoms with Crippen LogP contribution in [0, 0.1) is 0 Å². The van der Waals surface area contributed by atoms with E-state index >= 15 is 0 Å². The fourth-order valence-electron chi connectivity index (χ4n) is 2.50. The average Bonchev–Trinajstić information content (AvgIpc) is 3.25. The largest absolute Gasteiger partial charge is 0.378 e. The van der Waals surface area contributed by atoms with Gasteiger partial charge in [0.2, 0.25) is 0 Å². The molecule has 0 bridgehead atoms. The van der Waals surface area contributed by atoms with Gasteiger partial charge in [-0.3, -0.25) is 5.10 Å². The fourth-order valence-corrected chi connectivity index (χ4v) is 3.14. The molecule has 0 fully saturated rings. The Morgan fingerprint density at radius 2 is 2.00 bits per heavy atom. The van der Waals surface area contributed by atoms with Crippen molar-refractivity contribution in [2.24, 2.45) is 0 Å². The van der Waals surface area contributed by atoms with Crippen molar-refractivity contribution in [2.45, 2.75) is 0 Å². The van der Waals surface area contributed by atoms with Crippen LogP contribution in [0.5, 0.6) is 0 Å². The maximum Gasteiger partial charge on any atom is 0.161 e. The predicted molar refractivity (Wildman–Crippen MR) is 94.8 cm³/mol. The summed E-state index contributed by atoms with van der Waals surface area (Å²) in [5.41, 5.74) is 5.77. The van der Waals surface area contributed by atoms with Crippen molar-refractivity contribution in [3.05, 3.63) is 47.3 Å². The third-order valence-corrected chi connectivity index (χ3v) is 4.40. The minimum atomic E-state index is 0.727. The first-order valence-electron chi connectivity index (χ1n) is 7.24. The maximum atomic E-state index is 4.79. The Morgan fingerprint density at radius 1 is 1.09 bits per heavy atom. The van der Waals surface area contributed by atoms with Crippen molar-refractivity contribution in [3.8, 4) is 22.6 Å². The molecule has 114 valence electrons. The Hall–Kier alpha value is -2.73. The number of anilines is 1. The lowest BCUT2D eigenvalue weighted by Gasteiger charge is -2.13. The number of hydrogen-bond acceptors (Lipinski definition) is 5. The van der Waals surface area contributed by atoms with Crippen LogP contribution in [0.1, 0.15) is 0 Å². The van der Waals surface area contributed by atoms with Gasteiger partial charge >= 0.3 is 0 Å². The van der Waals surface area contributed by atoms with E-state index in [4.69, 9.17) is 4.98 Å². The molecule has 0 saturated heterocycles. The van der Waals surface area contributed by atoms with Crippen LogP contribution >= 0.6 is 11.3 Å². The van der Waals surface area contributed by atoms with Crippen LogP contribution in [0.25, 0.3) is 33.7 Å². The topological polar surface area (TPSA) is 57.7 Å². The molecular formula is C17H15N5S.